The van der Waals surface area contributed by atoms with Gasteiger partial charge in [0.1, 0.15) is 5.69 Å². The molecule has 27 heavy (non-hydrogen) atoms. The first-order valence-corrected chi connectivity index (χ1v) is 8.41. The number of hydrogen-bond donors (Lipinski definition) is 4. The second kappa shape index (κ2) is 8.13. The van der Waals surface area contributed by atoms with E-state index in [4.69, 9.17) is 0 Å². The summed E-state index contributed by atoms with van der Waals surface area (Å²) in [6, 6.07) is 11.7. The predicted molar refractivity (Wildman–Crippen MR) is 101 cm³/mol. The second-order valence-electron chi connectivity index (χ2n) is 5.94. The van der Waals surface area contributed by atoms with Crippen LogP contribution in [-0.2, 0) is 6.42 Å². The van der Waals surface area contributed by atoms with Gasteiger partial charge >= 0.3 is 11.7 Å². The lowest BCUT2D eigenvalue weighted by molar-refractivity contribution is 0.103. The van der Waals surface area contributed by atoms with E-state index in [1.165, 1.54) is 0 Å². The van der Waals surface area contributed by atoms with Crippen molar-refractivity contribution in [3.63, 3.8) is 0 Å². The number of aryl methyl sites for hydroxylation is 1. The molecule has 4 N–H and O–H groups in total. The Morgan fingerprint density at radius 2 is 1.85 bits per heavy atom. The molecule has 138 valence electrons. The molecule has 0 saturated heterocycles. The van der Waals surface area contributed by atoms with Gasteiger partial charge in [-0.3, -0.25) is 9.78 Å². The van der Waals surface area contributed by atoms with Gasteiger partial charge in [-0.05, 0) is 43.3 Å². The molecule has 1 aromatic carbocycles. The van der Waals surface area contributed by atoms with Crippen molar-refractivity contribution in [1.29, 1.82) is 0 Å². The molecule has 2 amide bonds. The number of amides is 2. The lowest BCUT2D eigenvalue weighted by Gasteiger charge is -2.08. The number of nitrogens with zero attached hydrogens (tertiary/aromatic N) is 1. The molecule has 0 aliphatic rings. The van der Waals surface area contributed by atoms with Crippen molar-refractivity contribution in [3.05, 3.63) is 81.8 Å². The zero-order valence-corrected chi connectivity index (χ0v) is 14.7. The number of nitrogens with one attached hydrogen (secondary N) is 4. The molecule has 2 aromatic heterocycles. The number of aromatic amines is 2. The minimum atomic E-state index is -0.420. The van der Waals surface area contributed by atoms with Gasteiger partial charge in [-0.25, -0.2) is 9.59 Å². The van der Waals surface area contributed by atoms with Crippen molar-refractivity contribution >= 4 is 17.5 Å². The average Bonchev–Trinajstić information content (AvgIpc) is 3.01. The van der Waals surface area contributed by atoms with Crippen LogP contribution in [0.5, 0.6) is 0 Å². The number of rotatable bonds is 6. The summed E-state index contributed by atoms with van der Waals surface area (Å²) >= 11 is 0. The van der Waals surface area contributed by atoms with Crippen LogP contribution >= 0.6 is 0 Å². The minimum Gasteiger partial charge on any atom is -0.337 e. The molecule has 0 unspecified atom stereocenters. The van der Waals surface area contributed by atoms with Gasteiger partial charge in [0, 0.05) is 41.8 Å². The van der Waals surface area contributed by atoms with E-state index in [1.54, 1.807) is 37.4 Å². The highest BCUT2D eigenvalue weighted by Gasteiger charge is 2.14. The Morgan fingerprint density at radius 3 is 2.48 bits per heavy atom. The third-order valence-corrected chi connectivity index (χ3v) is 3.94. The van der Waals surface area contributed by atoms with Crippen molar-refractivity contribution in [2.24, 2.45) is 0 Å². The molecule has 0 saturated carbocycles. The molecule has 0 spiro atoms. The van der Waals surface area contributed by atoms with Crippen molar-refractivity contribution < 1.29 is 9.59 Å². The van der Waals surface area contributed by atoms with E-state index in [2.05, 4.69) is 25.6 Å². The van der Waals surface area contributed by atoms with Gasteiger partial charge in [-0.2, -0.15) is 0 Å². The van der Waals surface area contributed by atoms with Crippen LogP contribution in [0.15, 0.2) is 53.5 Å². The summed E-state index contributed by atoms with van der Waals surface area (Å²) in [5.74, 6) is -0.294. The monoisotopic (exact) mass is 365 g/mol. The van der Waals surface area contributed by atoms with E-state index < -0.39 is 5.69 Å². The normalized spacial score (nSPS) is 10.4. The molecule has 3 rings (SSSR count). The highest BCUT2D eigenvalue weighted by atomic mass is 16.2. The van der Waals surface area contributed by atoms with E-state index >= 15 is 0 Å². The largest absolute Gasteiger partial charge is 0.337 e. The third kappa shape index (κ3) is 4.69. The zero-order valence-electron chi connectivity index (χ0n) is 14.7. The van der Waals surface area contributed by atoms with Crippen LogP contribution in [0.2, 0.25) is 0 Å². The molecule has 0 radical (unpaired) electrons. The second-order valence-corrected chi connectivity index (χ2v) is 5.94. The first kappa shape index (κ1) is 18.1. The quantitative estimate of drug-likeness (QED) is 0.499. The maximum Gasteiger partial charge on any atom is 0.323 e. The van der Waals surface area contributed by atoms with Crippen LogP contribution in [0.1, 0.15) is 27.4 Å². The van der Waals surface area contributed by atoms with Crippen molar-refractivity contribution in [3.8, 4) is 0 Å². The molecular weight excluding hydrogens is 346 g/mol. The molecular formula is C19H19N5O3. The van der Waals surface area contributed by atoms with Gasteiger partial charge in [-0.1, -0.05) is 6.07 Å². The minimum absolute atomic E-state index is 0.230. The fourth-order valence-electron chi connectivity index (χ4n) is 2.57. The lowest BCUT2D eigenvalue weighted by Crippen LogP contribution is -2.30. The number of carbonyl (C=O) groups excluding carboxylic acids is 2. The molecule has 8 heteroatoms. The Balaban J connectivity index is 1.54. The summed E-state index contributed by atoms with van der Waals surface area (Å²) in [7, 11) is 0. The first-order chi connectivity index (χ1) is 13.0. The molecule has 3 aromatic rings. The van der Waals surface area contributed by atoms with Crippen LogP contribution in [0, 0.1) is 6.92 Å². The Hall–Kier alpha value is -3.68. The van der Waals surface area contributed by atoms with Crippen LogP contribution in [-0.4, -0.2) is 33.3 Å². The fraction of sp³-hybridized carbons (Fsp3) is 0.158. The number of benzene rings is 1. The number of urea groups is 1. The number of imidazole rings is 1. The molecule has 0 aliphatic carbocycles. The van der Waals surface area contributed by atoms with Crippen LogP contribution in [0.4, 0.5) is 10.5 Å². The van der Waals surface area contributed by atoms with E-state index in [-0.39, 0.29) is 17.5 Å². The van der Waals surface area contributed by atoms with Gasteiger partial charge < -0.3 is 20.6 Å². The lowest BCUT2D eigenvalue weighted by atomic mass is 10.1. The summed E-state index contributed by atoms with van der Waals surface area (Å²) in [5, 5.41) is 5.46. The number of pyridine rings is 1. The van der Waals surface area contributed by atoms with Crippen LogP contribution in [0.3, 0.4) is 0 Å². The van der Waals surface area contributed by atoms with Crippen LogP contribution < -0.4 is 16.3 Å². The third-order valence-electron chi connectivity index (χ3n) is 3.94. The molecule has 2 heterocycles. The van der Waals surface area contributed by atoms with E-state index in [0.29, 0.717) is 29.9 Å². The van der Waals surface area contributed by atoms with Gasteiger partial charge in [0.25, 0.3) is 0 Å². The highest BCUT2D eigenvalue weighted by Crippen LogP contribution is 2.13. The fourth-order valence-corrected chi connectivity index (χ4v) is 2.57. The average molecular weight is 365 g/mol. The zero-order chi connectivity index (χ0) is 19.2. The van der Waals surface area contributed by atoms with Crippen LogP contribution in [0.25, 0.3) is 0 Å². The number of ketones is 1. The van der Waals surface area contributed by atoms with Gasteiger partial charge in [0.05, 0.1) is 0 Å². The molecule has 0 atom stereocenters. The van der Waals surface area contributed by atoms with E-state index in [0.717, 1.165) is 5.69 Å². The number of hydrogen-bond acceptors (Lipinski definition) is 4. The topological polar surface area (TPSA) is 120 Å². The molecule has 0 fully saturated rings. The Kier molecular flexibility index (Phi) is 5.46. The highest BCUT2D eigenvalue weighted by molar-refractivity contribution is 6.08. The van der Waals surface area contributed by atoms with Crippen molar-refractivity contribution in [1.82, 2.24) is 20.3 Å². The maximum atomic E-state index is 12.4. The summed E-state index contributed by atoms with van der Waals surface area (Å²) in [4.78, 5) is 44.8. The Bertz CT molecular complexity index is 990. The molecule has 0 aliphatic heterocycles. The van der Waals surface area contributed by atoms with E-state index in [1.807, 2.05) is 18.2 Å². The predicted octanol–water partition coefficient (Wildman–Crippen LogP) is 2.00. The summed E-state index contributed by atoms with van der Waals surface area (Å²) < 4.78 is 0. The van der Waals surface area contributed by atoms with Crippen molar-refractivity contribution in [2.45, 2.75) is 13.3 Å². The Morgan fingerprint density at radius 1 is 1.07 bits per heavy atom. The SMILES string of the molecule is Cc1[nH]c(=O)[nH]c1C(=O)c1ccc(NC(=O)NCCc2ccccn2)cc1. The smallest absolute Gasteiger partial charge is 0.323 e. The van der Waals surface area contributed by atoms with E-state index in [9.17, 15) is 14.4 Å². The molecule has 8 nitrogen and oxygen atoms in total. The molecule has 0 bridgehead atoms. The summed E-state index contributed by atoms with van der Waals surface area (Å²) in [6.07, 6.45) is 2.35. The standard InChI is InChI=1S/C19H19N5O3/c1-12-16(24-19(27)22-12)17(25)13-5-7-15(8-6-13)23-18(26)21-11-9-14-4-2-3-10-20-14/h2-8,10H,9,11H2,1H3,(H2,21,23,26)(H2,22,24,27). The number of anilines is 1. The first-order valence-electron chi connectivity index (χ1n) is 8.41. The number of H-pyrrole nitrogens is 2. The number of carbonyl (C=O) groups is 2. The van der Waals surface area contributed by atoms with Gasteiger partial charge in [-0.15, -0.1) is 0 Å². The van der Waals surface area contributed by atoms with Gasteiger partial charge in [0.15, 0.2) is 0 Å². The number of aromatic nitrogens is 3. The summed E-state index contributed by atoms with van der Waals surface area (Å²) in [5.41, 5.74) is 2.17. The summed E-state index contributed by atoms with van der Waals surface area (Å²) in [6.45, 7) is 2.11. The Labute approximate surface area is 155 Å². The van der Waals surface area contributed by atoms with Crippen molar-refractivity contribution in [2.75, 3.05) is 11.9 Å². The maximum absolute atomic E-state index is 12.4. The van der Waals surface area contributed by atoms with Gasteiger partial charge in [0.2, 0.25) is 5.78 Å².